The molecule has 1 aliphatic rings. The Morgan fingerprint density at radius 2 is 2.04 bits per heavy atom. The minimum absolute atomic E-state index is 0.0350. The van der Waals surface area contributed by atoms with Gasteiger partial charge in [0.15, 0.2) is 6.61 Å². The highest BCUT2D eigenvalue weighted by Crippen LogP contribution is 2.50. The highest BCUT2D eigenvalue weighted by atomic mass is 35.5. The van der Waals surface area contributed by atoms with Gasteiger partial charge in [0.25, 0.3) is 0 Å². The van der Waals surface area contributed by atoms with Gasteiger partial charge in [0.2, 0.25) is 5.91 Å². The van der Waals surface area contributed by atoms with Crippen LogP contribution in [0.2, 0.25) is 5.02 Å². The van der Waals surface area contributed by atoms with Crippen molar-refractivity contribution in [1.29, 1.82) is 0 Å². The van der Waals surface area contributed by atoms with Crippen LogP contribution in [0.25, 0.3) is 0 Å². The second kappa shape index (κ2) is 7.15. The molecule has 0 radical (unpaired) electrons. The number of ether oxygens (including phenoxy) is 1. The predicted molar refractivity (Wildman–Crippen MR) is 95.2 cm³/mol. The number of hydrogen-bond donors (Lipinski definition) is 2. The number of carbonyl (C=O) groups is 2. The topological polar surface area (TPSA) is 75.6 Å². The number of amides is 1. The predicted octanol–water partition coefficient (Wildman–Crippen LogP) is 3.85. The minimum Gasteiger partial charge on any atom is -0.482 e. The maximum absolute atomic E-state index is 12.5. The summed E-state index contributed by atoms with van der Waals surface area (Å²) in [7, 11) is 0. The third kappa shape index (κ3) is 4.12. The molecule has 0 aromatic heterocycles. The first-order valence-corrected chi connectivity index (χ1v) is 8.34. The van der Waals surface area contributed by atoms with E-state index >= 15 is 0 Å². The van der Waals surface area contributed by atoms with E-state index in [9.17, 15) is 9.59 Å². The molecular formula is C19H18ClNO4. The van der Waals surface area contributed by atoms with Crippen LogP contribution in [0.4, 0.5) is 5.69 Å². The van der Waals surface area contributed by atoms with Gasteiger partial charge < -0.3 is 15.2 Å². The maximum atomic E-state index is 12.5. The molecule has 2 atom stereocenters. The number of halogens is 1. The summed E-state index contributed by atoms with van der Waals surface area (Å²) < 4.78 is 5.13. The van der Waals surface area contributed by atoms with Gasteiger partial charge in [-0.25, -0.2) is 4.79 Å². The lowest BCUT2D eigenvalue weighted by atomic mass is 10.1. The molecule has 0 bridgehead atoms. The van der Waals surface area contributed by atoms with E-state index in [0.717, 1.165) is 17.5 Å². The number of aliphatic carboxylic acids is 1. The Balaban J connectivity index is 1.62. The highest BCUT2D eigenvalue weighted by Gasteiger charge is 2.44. The molecule has 0 spiro atoms. The quantitative estimate of drug-likeness (QED) is 0.821. The molecule has 0 aliphatic heterocycles. The Labute approximate surface area is 150 Å². The zero-order chi connectivity index (χ0) is 18.0. The molecule has 5 nitrogen and oxygen atoms in total. The first-order valence-electron chi connectivity index (χ1n) is 7.96. The van der Waals surface area contributed by atoms with Crippen LogP contribution < -0.4 is 10.1 Å². The fourth-order valence-electron chi connectivity index (χ4n) is 2.84. The molecule has 2 N–H and O–H groups in total. The fourth-order valence-corrected chi connectivity index (χ4v) is 3.12. The van der Waals surface area contributed by atoms with Crippen LogP contribution in [-0.4, -0.2) is 23.6 Å². The van der Waals surface area contributed by atoms with E-state index in [4.69, 9.17) is 21.4 Å². The number of nitrogens with one attached hydrogen (secondary N) is 1. The molecule has 2 aromatic carbocycles. The fraction of sp³-hybridized carbons (Fsp3) is 0.263. The highest BCUT2D eigenvalue weighted by molar-refractivity contribution is 6.31. The molecule has 1 saturated carbocycles. The molecule has 25 heavy (non-hydrogen) atoms. The third-order valence-electron chi connectivity index (χ3n) is 4.25. The lowest BCUT2D eigenvalue weighted by Crippen LogP contribution is -2.15. The summed E-state index contributed by atoms with van der Waals surface area (Å²) in [4.78, 5) is 23.0. The maximum Gasteiger partial charge on any atom is 0.341 e. The molecule has 2 aromatic rings. The third-order valence-corrected chi connectivity index (χ3v) is 4.59. The molecule has 1 amide bonds. The number of anilines is 1. The lowest BCUT2D eigenvalue weighted by molar-refractivity contribution is -0.139. The molecule has 0 saturated heterocycles. The van der Waals surface area contributed by atoms with Gasteiger partial charge >= 0.3 is 5.97 Å². The number of rotatable bonds is 6. The van der Waals surface area contributed by atoms with Crippen LogP contribution in [0.1, 0.15) is 23.5 Å². The zero-order valence-corrected chi connectivity index (χ0v) is 14.4. The molecule has 1 fully saturated rings. The van der Waals surface area contributed by atoms with E-state index in [2.05, 4.69) is 5.32 Å². The van der Waals surface area contributed by atoms with Crippen molar-refractivity contribution >= 4 is 29.2 Å². The van der Waals surface area contributed by atoms with Gasteiger partial charge in [-0.05, 0) is 54.7 Å². The summed E-state index contributed by atoms with van der Waals surface area (Å²) in [5.74, 6) is -0.533. The van der Waals surface area contributed by atoms with Crippen molar-refractivity contribution in [2.24, 2.45) is 5.92 Å². The van der Waals surface area contributed by atoms with Crippen molar-refractivity contribution in [3.8, 4) is 5.75 Å². The summed E-state index contributed by atoms with van der Waals surface area (Å²) >= 11 is 6.20. The monoisotopic (exact) mass is 359 g/mol. The van der Waals surface area contributed by atoms with Crippen LogP contribution in [0.3, 0.4) is 0 Å². The van der Waals surface area contributed by atoms with Crippen molar-refractivity contribution in [3.05, 3.63) is 58.6 Å². The van der Waals surface area contributed by atoms with Crippen molar-refractivity contribution in [2.75, 3.05) is 11.9 Å². The van der Waals surface area contributed by atoms with Crippen LogP contribution in [0.15, 0.2) is 42.5 Å². The molecule has 1 aliphatic carbocycles. The second-order valence-corrected chi connectivity index (χ2v) is 6.53. The van der Waals surface area contributed by atoms with Gasteiger partial charge in [-0.1, -0.05) is 29.8 Å². The molecule has 0 heterocycles. The van der Waals surface area contributed by atoms with Gasteiger partial charge in [-0.3, -0.25) is 4.79 Å². The normalized spacial score (nSPS) is 18.5. The van der Waals surface area contributed by atoms with E-state index in [1.54, 1.807) is 18.2 Å². The van der Waals surface area contributed by atoms with E-state index < -0.39 is 12.6 Å². The smallest absolute Gasteiger partial charge is 0.341 e. The van der Waals surface area contributed by atoms with Gasteiger partial charge in [0.05, 0.1) is 0 Å². The average Bonchev–Trinajstić information content (AvgIpc) is 3.36. The number of hydrogen-bond acceptors (Lipinski definition) is 3. The number of aryl methyl sites for hydroxylation is 1. The Bertz CT molecular complexity index is 821. The average molecular weight is 360 g/mol. The number of carboxylic acid groups (broad SMARTS) is 1. The van der Waals surface area contributed by atoms with Crippen molar-refractivity contribution < 1.29 is 19.4 Å². The largest absolute Gasteiger partial charge is 0.482 e. The first kappa shape index (κ1) is 17.3. The van der Waals surface area contributed by atoms with Crippen LogP contribution in [-0.2, 0) is 9.59 Å². The summed E-state index contributed by atoms with van der Waals surface area (Å²) in [5.41, 5.74) is 2.52. The minimum atomic E-state index is -1.03. The van der Waals surface area contributed by atoms with E-state index in [-0.39, 0.29) is 17.7 Å². The van der Waals surface area contributed by atoms with Crippen molar-refractivity contribution in [3.63, 3.8) is 0 Å². The molecular weight excluding hydrogens is 342 g/mol. The van der Waals surface area contributed by atoms with E-state index in [0.29, 0.717) is 16.5 Å². The molecule has 130 valence electrons. The SMILES string of the molecule is Cc1cc(OCC(=O)O)ccc1NC(=O)C1CC1c1ccccc1Cl. The summed E-state index contributed by atoms with van der Waals surface area (Å²) in [6, 6.07) is 12.7. The summed E-state index contributed by atoms with van der Waals surface area (Å²) in [6.45, 7) is 1.44. The number of benzene rings is 2. The Morgan fingerprint density at radius 1 is 1.28 bits per heavy atom. The van der Waals surface area contributed by atoms with E-state index in [1.807, 2.05) is 31.2 Å². The standard InChI is InChI=1S/C19H18ClNO4/c1-11-8-12(25-10-18(22)23)6-7-17(11)21-19(24)15-9-14(15)13-4-2-3-5-16(13)20/h2-8,14-15H,9-10H2,1H3,(H,21,24)(H,22,23). The summed E-state index contributed by atoms with van der Waals surface area (Å²) in [6.07, 6.45) is 0.786. The van der Waals surface area contributed by atoms with Gasteiger partial charge in [-0.15, -0.1) is 0 Å². The Hall–Kier alpha value is -2.53. The van der Waals surface area contributed by atoms with Gasteiger partial charge in [0, 0.05) is 16.6 Å². The van der Waals surface area contributed by atoms with Gasteiger partial charge in [-0.2, -0.15) is 0 Å². The summed E-state index contributed by atoms with van der Waals surface area (Å²) in [5, 5.41) is 12.3. The zero-order valence-electron chi connectivity index (χ0n) is 13.7. The van der Waals surface area contributed by atoms with Crippen LogP contribution in [0, 0.1) is 12.8 Å². The van der Waals surface area contributed by atoms with Crippen LogP contribution in [0.5, 0.6) is 5.75 Å². The molecule has 3 rings (SSSR count). The lowest BCUT2D eigenvalue weighted by Gasteiger charge is -2.11. The van der Waals surface area contributed by atoms with Crippen LogP contribution >= 0.6 is 11.6 Å². The Kier molecular flexibility index (Phi) is 4.95. The first-order chi connectivity index (χ1) is 12.0. The number of carboxylic acids is 1. The van der Waals surface area contributed by atoms with E-state index in [1.165, 1.54) is 0 Å². The van der Waals surface area contributed by atoms with Crippen molar-refractivity contribution in [2.45, 2.75) is 19.3 Å². The second-order valence-electron chi connectivity index (χ2n) is 6.12. The molecule has 6 heteroatoms. The Morgan fingerprint density at radius 3 is 2.72 bits per heavy atom. The van der Waals surface area contributed by atoms with Gasteiger partial charge in [0.1, 0.15) is 5.75 Å². The van der Waals surface area contributed by atoms with Crippen molar-refractivity contribution in [1.82, 2.24) is 0 Å². The number of carbonyl (C=O) groups excluding carboxylic acids is 1. The molecule has 2 unspecified atom stereocenters.